The van der Waals surface area contributed by atoms with Crippen LogP contribution in [-0.2, 0) is 9.47 Å². The summed E-state index contributed by atoms with van der Waals surface area (Å²) in [4.78, 5) is 10.5. The van der Waals surface area contributed by atoms with E-state index >= 15 is 0 Å². The van der Waals surface area contributed by atoms with Gasteiger partial charge in [-0.25, -0.2) is 0 Å². The van der Waals surface area contributed by atoms with E-state index in [1.54, 1.807) is 30.3 Å². The molecule has 4 N–H and O–H groups in total. The van der Waals surface area contributed by atoms with Crippen molar-refractivity contribution in [3.63, 3.8) is 0 Å². The van der Waals surface area contributed by atoms with Gasteiger partial charge in [0.2, 0.25) is 5.88 Å². The summed E-state index contributed by atoms with van der Waals surface area (Å²) in [5, 5.41) is 0. The highest BCUT2D eigenvalue weighted by molar-refractivity contribution is 5.76. The minimum atomic E-state index is 0.143. The molecule has 1 aromatic rings. The highest BCUT2D eigenvalue weighted by Crippen LogP contribution is 2.14. The number of ether oxygens (including phenoxy) is 2. The van der Waals surface area contributed by atoms with Crippen molar-refractivity contribution in [2.75, 3.05) is 14.2 Å². The summed E-state index contributed by atoms with van der Waals surface area (Å²) in [7, 11) is 2.91. The number of nitrogens with two attached hydrogens (primary N) is 2. The number of benzene rings is 1. The fourth-order valence-electron chi connectivity index (χ4n) is 1.31. The molecule has 0 saturated heterocycles. The molecular weight excluding hydrogens is 232 g/mol. The van der Waals surface area contributed by atoms with Gasteiger partial charge in [0.15, 0.2) is 5.76 Å². The summed E-state index contributed by atoms with van der Waals surface area (Å²) < 4.78 is 9.92. The van der Waals surface area contributed by atoms with E-state index in [2.05, 4.69) is 0 Å². The molecule has 18 heavy (non-hydrogen) atoms. The molecule has 5 nitrogen and oxygen atoms in total. The molecule has 0 unspecified atom stereocenters. The van der Waals surface area contributed by atoms with Crippen LogP contribution in [-0.4, -0.2) is 20.5 Å². The number of methoxy groups -OCH3 is 2. The topological polar surface area (TPSA) is 87.6 Å². The molecule has 0 fully saturated rings. The lowest BCUT2D eigenvalue weighted by Crippen LogP contribution is -2.06. The van der Waals surface area contributed by atoms with E-state index in [0.29, 0.717) is 17.0 Å². The van der Waals surface area contributed by atoms with Crippen LogP contribution in [0.1, 0.15) is 15.9 Å². The summed E-state index contributed by atoms with van der Waals surface area (Å²) in [5.74, 6) is 0.486. The van der Waals surface area contributed by atoms with Crippen LogP contribution in [0.5, 0.6) is 0 Å². The zero-order valence-electron chi connectivity index (χ0n) is 10.3. The van der Waals surface area contributed by atoms with Gasteiger partial charge in [-0.15, -0.1) is 0 Å². The second-order valence-corrected chi connectivity index (χ2v) is 3.48. The molecule has 0 aliphatic carbocycles. The lowest BCUT2D eigenvalue weighted by Gasteiger charge is -2.07. The van der Waals surface area contributed by atoms with Crippen molar-refractivity contribution in [3.8, 4) is 0 Å². The lowest BCUT2D eigenvalue weighted by atomic mass is 10.1. The molecule has 0 aromatic heterocycles. The van der Waals surface area contributed by atoms with Crippen LogP contribution in [0.25, 0.3) is 5.70 Å². The van der Waals surface area contributed by atoms with E-state index in [1.807, 2.05) is 0 Å². The Hall–Kier alpha value is -2.43. The summed E-state index contributed by atoms with van der Waals surface area (Å²) in [6.45, 7) is 0. The molecule has 0 spiro atoms. The van der Waals surface area contributed by atoms with Gasteiger partial charge < -0.3 is 20.9 Å². The van der Waals surface area contributed by atoms with Crippen LogP contribution < -0.4 is 11.5 Å². The normalized spacial score (nSPS) is 12.7. The zero-order valence-corrected chi connectivity index (χ0v) is 10.3. The number of hydrogen-bond donors (Lipinski definition) is 2. The van der Waals surface area contributed by atoms with Crippen molar-refractivity contribution >= 4 is 12.0 Å². The molecule has 0 aliphatic rings. The Bertz CT molecular complexity index is 476. The Labute approximate surface area is 106 Å². The quantitative estimate of drug-likeness (QED) is 0.464. The summed E-state index contributed by atoms with van der Waals surface area (Å²) in [6.07, 6.45) is 2.34. The smallest absolute Gasteiger partial charge is 0.227 e. The van der Waals surface area contributed by atoms with E-state index in [9.17, 15) is 4.79 Å². The predicted octanol–water partition coefficient (Wildman–Crippen LogP) is 1.22. The van der Waals surface area contributed by atoms with Gasteiger partial charge in [0.05, 0.1) is 14.2 Å². The molecule has 0 saturated carbocycles. The van der Waals surface area contributed by atoms with Crippen LogP contribution in [0.4, 0.5) is 0 Å². The monoisotopic (exact) mass is 248 g/mol. The first-order chi connectivity index (χ1) is 8.62. The van der Waals surface area contributed by atoms with Gasteiger partial charge in [-0.1, -0.05) is 24.3 Å². The number of rotatable bonds is 5. The third kappa shape index (κ3) is 3.28. The highest BCUT2D eigenvalue weighted by atomic mass is 16.5. The average Bonchev–Trinajstić information content (AvgIpc) is 2.43. The minimum absolute atomic E-state index is 0.143. The first-order valence-electron chi connectivity index (χ1n) is 5.23. The van der Waals surface area contributed by atoms with Crippen LogP contribution in [0.3, 0.4) is 0 Å². The standard InChI is InChI=1S/C13H16N2O3/c1-17-12(13(15)18-2)7-11(14)10-5-3-9(8-16)4-6-10/h3-8H,14-15H2,1-2H3/b11-7-,13-12-. The molecule has 0 aliphatic heterocycles. The van der Waals surface area contributed by atoms with Gasteiger partial charge in [-0.2, -0.15) is 0 Å². The Kier molecular flexibility index (Phi) is 4.80. The van der Waals surface area contributed by atoms with Crippen LogP contribution in [0.15, 0.2) is 42.0 Å². The van der Waals surface area contributed by atoms with Crippen molar-refractivity contribution in [2.45, 2.75) is 0 Å². The van der Waals surface area contributed by atoms with E-state index in [-0.39, 0.29) is 5.88 Å². The fourth-order valence-corrected chi connectivity index (χ4v) is 1.31. The van der Waals surface area contributed by atoms with E-state index < -0.39 is 0 Å². The van der Waals surface area contributed by atoms with E-state index in [1.165, 1.54) is 14.2 Å². The molecule has 0 radical (unpaired) electrons. The zero-order chi connectivity index (χ0) is 13.5. The largest absolute Gasteiger partial charge is 0.491 e. The average molecular weight is 248 g/mol. The Morgan fingerprint density at radius 1 is 1.11 bits per heavy atom. The Morgan fingerprint density at radius 3 is 2.17 bits per heavy atom. The van der Waals surface area contributed by atoms with Crippen molar-refractivity contribution in [1.29, 1.82) is 0 Å². The van der Waals surface area contributed by atoms with Crippen molar-refractivity contribution in [1.82, 2.24) is 0 Å². The summed E-state index contributed by atoms with van der Waals surface area (Å²) in [5.41, 5.74) is 13.3. The van der Waals surface area contributed by atoms with Gasteiger partial charge in [-0.3, -0.25) is 4.79 Å². The van der Waals surface area contributed by atoms with Crippen molar-refractivity contribution in [2.24, 2.45) is 11.5 Å². The van der Waals surface area contributed by atoms with Gasteiger partial charge in [0.25, 0.3) is 0 Å². The second kappa shape index (κ2) is 6.34. The van der Waals surface area contributed by atoms with Crippen LogP contribution >= 0.6 is 0 Å². The highest BCUT2D eigenvalue weighted by Gasteiger charge is 2.04. The van der Waals surface area contributed by atoms with E-state index in [0.717, 1.165) is 11.8 Å². The molecular formula is C13H16N2O3. The molecule has 96 valence electrons. The third-order valence-electron chi connectivity index (χ3n) is 2.35. The lowest BCUT2D eigenvalue weighted by molar-refractivity contribution is 0.112. The first-order valence-corrected chi connectivity index (χ1v) is 5.23. The van der Waals surface area contributed by atoms with Gasteiger partial charge >= 0.3 is 0 Å². The molecule has 1 aromatic carbocycles. The number of allylic oxidation sites excluding steroid dienone is 1. The first kappa shape index (κ1) is 13.6. The minimum Gasteiger partial charge on any atom is -0.491 e. The fraction of sp³-hybridized carbons (Fsp3) is 0.154. The number of carbonyl (C=O) groups is 1. The van der Waals surface area contributed by atoms with Gasteiger partial charge in [-0.05, 0) is 5.56 Å². The van der Waals surface area contributed by atoms with E-state index in [4.69, 9.17) is 20.9 Å². The van der Waals surface area contributed by atoms with Gasteiger partial charge in [0.1, 0.15) is 6.29 Å². The molecule has 0 atom stereocenters. The SMILES string of the molecule is CO/C(N)=C(/C=C(\N)c1ccc(C=O)cc1)OC. The predicted molar refractivity (Wildman–Crippen MR) is 69.2 cm³/mol. The number of hydrogen-bond acceptors (Lipinski definition) is 5. The molecule has 1 rings (SSSR count). The van der Waals surface area contributed by atoms with Crippen molar-refractivity contribution < 1.29 is 14.3 Å². The number of aldehydes is 1. The summed E-state index contributed by atoms with van der Waals surface area (Å²) in [6, 6.07) is 6.84. The second-order valence-electron chi connectivity index (χ2n) is 3.48. The maximum absolute atomic E-state index is 10.5. The van der Waals surface area contributed by atoms with Gasteiger partial charge in [0, 0.05) is 17.3 Å². The van der Waals surface area contributed by atoms with Crippen LogP contribution in [0, 0.1) is 0 Å². The molecule has 0 bridgehead atoms. The third-order valence-corrected chi connectivity index (χ3v) is 2.35. The molecule has 0 amide bonds. The Balaban J connectivity index is 3.04. The number of carbonyl (C=O) groups excluding carboxylic acids is 1. The molecule has 0 heterocycles. The maximum atomic E-state index is 10.5. The summed E-state index contributed by atoms with van der Waals surface area (Å²) >= 11 is 0. The van der Waals surface area contributed by atoms with Crippen LogP contribution in [0.2, 0.25) is 0 Å². The van der Waals surface area contributed by atoms with Crippen molar-refractivity contribution in [3.05, 3.63) is 53.1 Å². The maximum Gasteiger partial charge on any atom is 0.227 e. The Morgan fingerprint density at radius 2 is 1.72 bits per heavy atom. The molecule has 5 heteroatoms.